The quantitative estimate of drug-likeness (QED) is 0.642. The largest absolute Gasteiger partial charge is 0.469 e. The third kappa shape index (κ3) is 5.75. The van der Waals surface area contributed by atoms with E-state index in [0.717, 1.165) is 24.0 Å². The van der Waals surface area contributed by atoms with Gasteiger partial charge in [0.1, 0.15) is 0 Å². The number of nitrogens with zero attached hydrogens (tertiary/aromatic N) is 1. The topological polar surface area (TPSA) is 92.8 Å². The smallest absolute Gasteiger partial charge is 0.307 e. The van der Waals surface area contributed by atoms with Crippen LogP contribution < -0.4 is 5.32 Å². The Labute approximate surface area is 189 Å². The minimum absolute atomic E-state index is 0.00902. The maximum atomic E-state index is 12.9. The number of nitrogens with one attached hydrogen (secondary N) is 1. The van der Waals surface area contributed by atoms with Crippen LogP contribution in [0.5, 0.6) is 0 Å². The Hall–Kier alpha value is -2.71. The first kappa shape index (κ1) is 23.9. The van der Waals surface area contributed by atoms with E-state index in [0.29, 0.717) is 24.6 Å². The van der Waals surface area contributed by atoms with Gasteiger partial charge in [-0.2, -0.15) is 4.31 Å². The molecule has 1 heterocycles. The van der Waals surface area contributed by atoms with Crippen molar-refractivity contribution in [2.45, 2.75) is 44.0 Å². The van der Waals surface area contributed by atoms with Crippen molar-refractivity contribution in [2.75, 3.05) is 20.2 Å². The number of piperidine rings is 1. The summed E-state index contributed by atoms with van der Waals surface area (Å²) in [7, 11) is -2.28. The summed E-state index contributed by atoms with van der Waals surface area (Å²) < 4.78 is 32.1. The molecule has 7 nitrogen and oxygen atoms in total. The molecule has 0 saturated carbocycles. The van der Waals surface area contributed by atoms with Gasteiger partial charge >= 0.3 is 5.97 Å². The minimum atomic E-state index is -3.59. The van der Waals surface area contributed by atoms with Crippen LogP contribution >= 0.6 is 0 Å². The van der Waals surface area contributed by atoms with Gasteiger partial charge in [0, 0.05) is 18.7 Å². The molecule has 1 saturated heterocycles. The Morgan fingerprint density at radius 1 is 1.12 bits per heavy atom. The molecule has 0 unspecified atom stereocenters. The second-order valence-electron chi connectivity index (χ2n) is 8.35. The number of ether oxygens (including phenoxy) is 1. The van der Waals surface area contributed by atoms with Crippen molar-refractivity contribution >= 4 is 21.9 Å². The number of esters is 1. The lowest BCUT2D eigenvalue weighted by atomic mass is 10.0. The SMILES string of the molecule is COC(=O)C[C@H](NC(=O)c1ccc(S(=O)(=O)N2CCC[C@@H](C)C2)cc1)c1ccc(C)cc1. The number of amides is 1. The van der Waals surface area contributed by atoms with E-state index in [1.807, 2.05) is 38.1 Å². The van der Waals surface area contributed by atoms with E-state index >= 15 is 0 Å². The second-order valence-corrected chi connectivity index (χ2v) is 10.3. The van der Waals surface area contributed by atoms with Crippen LogP contribution in [0.15, 0.2) is 53.4 Å². The van der Waals surface area contributed by atoms with Gasteiger partial charge in [-0.3, -0.25) is 9.59 Å². The van der Waals surface area contributed by atoms with Crippen molar-refractivity contribution in [2.24, 2.45) is 5.92 Å². The van der Waals surface area contributed by atoms with Crippen LogP contribution in [-0.2, 0) is 19.6 Å². The Morgan fingerprint density at radius 2 is 1.78 bits per heavy atom. The summed E-state index contributed by atoms with van der Waals surface area (Å²) >= 11 is 0. The number of carbonyl (C=O) groups excluding carboxylic acids is 2. The van der Waals surface area contributed by atoms with Crippen LogP contribution in [0.3, 0.4) is 0 Å². The van der Waals surface area contributed by atoms with E-state index in [1.54, 1.807) is 0 Å². The summed E-state index contributed by atoms with van der Waals surface area (Å²) in [6.45, 7) is 5.03. The first-order chi connectivity index (χ1) is 15.2. The van der Waals surface area contributed by atoms with E-state index in [1.165, 1.54) is 35.7 Å². The summed E-state index contributed by atoms with van der Waals surface area (Å²) in [5.41, 5.74) is 2.17. The van der Waals surface area contributed by atoms with Gasteiger partial charge in [0.25, 0.3) is 5.91 Å². The first-order valence-electron chi connectivity index (χ1n) is 10.7. The molecule has 2 aromatic rings. The van der Waals surface area contributed by atoms with Crippen LogP contribution in [0.1, 0.15) is 53.7 Å². The molecule has 1 fully saturated rings. The van der Waals surface area contributed by atoms with Gasteiger partial charge in [0.05, 0.1) is 24.5 Å². The number of rotatable bonds is 7. The molecule has 1 amide bonds. The van der Waals surface area contributed by atoms with E-state index in [2.05, 4.69) is 5.32 Å². The van der Waals surface area contributed by atoms with Crippen molar-refractivity contribution in [3.8, 4) is 0 Å². The Bertz CT molecular complexity index is 1050. The highest BCUT2D eigenvalue weighted by Gasteiger charge is 2.29. The molecule has 0 spiro atoms. The van der Waals surface area contributed by atoms with Crippen LogP contribution in [0.2, 0.25) is 0 Å². The molecule has 8 heteroatoms. The average molecular weight is 459 g/mol. The summed E-state index contributed by atoms with van der Waals surface area (Å²) in [6, 6.07) is 12.9. The number of sulfonamides is 1. The number of benzene rings is 2. The van der Waals surface area contributed by atoms with E-state index < -0.39 is 27.9 Å². The van der Waals surface area contributed by atoms with Crippen LogP contribution in [0.4, 0.5) is 0 Å². The van der Waals surface area contributed by atoms with Gasteiger partial charge < -0.3 is 10.1 Å². The lowest BCUT2D eigenvalue weighted by Gasteiger charge is -2.30. The Balaban J connectivity index is 1.76. The van der Waals surface area contributed by atoms with Gasteiger partial charge in [-0.25, -0.2) is 8.42 Å². The van der Waals surface area contributed by atoms with Crippen LogP contribution in [0.25, 0.3) is 0 Å². The van der Waals surface area contributed by atoms with Crippen molar-refractivity contribution in [1.82, 2.24) is 9.62 Å². The minimum Gasteiger partial charge on any atom is -0.469 e. The molecule has 0 radical (unpaired) electrons. The van der Waals surface area contributed by atoms with Gasteiger partial charge in [0.15, 0.2) is 0 Å². The highest BCUT2D eigenvalue weighted by Crippen LogP contribution is 2.24. The number of hydrogen-bond donors (Lipinski definition) is 1. The van der Waals surface area contributed by atoms with Crippen molar-refractivity contribution in [3.63, 3.8) is 0 Å². The zero-order chi connectivity index (χ0) is 23.3. The molecule has 1 aliphatic rings. The summed E-state index contributed by atoms with van der Waals surface area (Å²) in [4.78, 5) is 24.9. The van der Waals surface area contributed by atoms with Gasteiger partial charge in [-0.15, -0.1) is 0 Å². The molecular weight excluding hydrogens is 428 g/mol. The predicted molar refractivity (Wildman–Crippen MR) is 122 cm³/mol. The number of methoxy groups -OCH3 is 1. The summed E-state index contributed by atoms with van der Waals surface area (Å²) in [6.07, 6.45) is 1.87. The van der Waals surface area contributed by atoms with E-state index in [4.69, 9.17) is 4.74 Å². The zero-order valence-electron chi connectivity index (χ0n) is 18.7. The van der Waals surface area contributed by atoms with Crippen LogP contribution in [0, 0.1) is 12.8 Å². The molecular formula is C24H30N2O5S. The fourth-order valence-corrected chi connectivity index (χ4v) is 5.43. The number of carbonyl (C=O) groups is 2. The highest BCUT2D eigenvalue weighted by molar-refractivity contribution is 7.89. The number of hydrogen-bond acceptors (Lipinski definition) is 5. The fraction of sp³-hybridized carbons (Fsp3) is 0.417. The van der Waals surface area contributed by atoms with Gasteiger partial charge in [0.2, 0.25) is 10.0 Å². The van der Waals surface area contributed by atoms with Crippen LogP contribution in [-0.4, -0.2) is 44.8 Å². The van der Waals surface area contributed by atoms with E-state index in [9.17, 15) is 18.0 Å². The fourth-order valence-electron chi connectivity index (χ4n) is 3.83. The molecule has 0 aliphatic carbocycles. The first-order valence-corrected chi connectivity index (χ1v) is 12.2. The van der Waals surface area contributed by atoms with Crippen molar-refractivity contribution < 1.29 is 22.7 Å². The molecule has 32 heavy (non-hydrogen) atoms. The molecule has 1 aliphatic heterocycles. The van der Waals surface area contributed by atoms with Crippen molar-refractivity contribution in [1.29, 1.82) is 0 Å². The lowest BCUT2D eigenvalue weighted by molar-refractivity contribution is -0.141. The Kier molecular flexibility index (Phi) is 7.69. The van der Waals surface area contributed by atoms with Gasteiger partial charge in [-0.05, 0) is 55.5 Å². The molecule has 0 bridgehead atoms. The average Bonchev–Trinajstić information content (AvgIpc) is 2.79. The van der Waals surface area contributed by atoms with E-state index in [-0.39, 0.29) is 11.3 Å². The monoisotopic (exact) mass is 458 g/mol. The molecule has 3 rings (SSSR count). The highest BCUT2D eigenvalue weighted by atomic mass is 32.2. The Morgan fingerprint density at radius 3 is 2.38 bits per heavy atom. The maximum absolute atomic E-state index is 12.9. The molecule has 2 aromatic carbocycles. The number of aryl methyl sites for hydroxylation is 1. The molecule has 1 N–H and O–H groups in total. The maximum Gasteiger partial charge on any atom is 0.307 e. The molecule has 0 aromatic heterocycles. The predicted octanol–water partition coefficient (Wildman–Crippen LogP) is 3.45. The molecule has 172 valence electrons. The summed E-state index contributed by atoms with van der Waals surface area (Å²) in [5.74, 6) is -0.500. The standard InChI is InChI=1S/C24H30N2O5S/c1-17-6-8-19(9-7-17)22(15-23(27)31-3)25-24(28)20-10-12-21(13-11-20)32(29,30)26-14-4-5-18(2)16-26/h6-13,18,22H,4-5,14-16H2,1-3H3,(H,25,28)/t18-,22+/m1/s1. The van der Waals surface area contributed by atoms with Gasteiger partial charge in [-0.1, -0.05) is 36.8 Å². The third-order valence-corrected chi connectivity index (χ3v) is 7.64. The molecule has 2 atom stereocenters. The third-order valence-electron chi connectivity index (χ3n) is 5.76. The van der Waals surface area contributed by atoms with Crippen molar-refractivity contribution in [3.05, 3.63) is 65.2 Å². The summed E-state index contributed by atoms with van der Waals surface area (Å²) in [5, 5.41) is 2.86. The normalized spacial score (nSPS) is 18.0. The zero-order valence-corrected chi connectivity index (χ0v) is 19.5. The second kappa shape index (κ2) is 10.3. The lowest BCUT2D eigenvalue weighted by Crippen LogP contribution is -2.39.